The third-order valence-electron chi connectivity index (χ3n) is 3.07. The van der Waals surface area contributed by atoms with Gasteiger partial charge in [-0.15, -0.1) is 31.0 Å². The van der Waals surface area contributed by atoms with Crippen LogP contribution in [-0.2, 0) is 14.3 Å². The molecule has 1 aliphatic rings. The zero-order valence-corrected chi connectivity index (χ0v) is 19.6. The second kappa shape index (κ2) is 39.3. The van der Waals surface area contributed by atoms with Gasteiger partial charge in [0.25, 0.3) is 0 Å². The topological polar surface area (TPSA) is 108 Å². The summed E-state index contributed by atoms with van der Waals surface area (Å²) in [7, 11) is 4.67. The van der Waals surface area contributed by atoms with Crippen LogP contribution in [-0.4, -0.2) is 66.9 Å². The van der Waals surface area contributed by atoms with Crippen molar-refractivity contribution in [3.8, 4) is 0 Å². The molecule has 0 aromatic carbocycles. The van der Waals surface area contributed by atoms with Crippen LogP contribution in [0.2, 0.25) is 0 Å². The Labute approximate surface area is 208 Å². The van der Waals surface area contributed by atoms with Crippen LogP contribution in [0.4, 0.5) is 0 Å². The fourth-order valence-electron chi connectivity index (χ4n) is 1.60. The molecular formula is C19H48AlLiN2O4P2. The first-order chi connectivity index (χ1) is 12.5. The zero-order chi connectivity index (χ0) is 20.6. The Morgan fingerprint density at radius 3 is 1.97 bits per heavy atom. The standard InChI is InChI=1S/C8H15NO2.C6H13NO.C4H8O.CH4.Al.Li.H4P2.4H/c1-3-5-6-7(9)8(10)11-4-2;1-2-3-4-6(7)5-8;1-2-4-5-3-1;;;;1-2;;;;/h3,7H,1,4-6,9H2,2H3;2,6,8H,1,3-5,7H2;1-4H2;1H4;;;1-2H2;;;;/q;;;;;+1;;;;;-1. The van der Waals surface area contributed by atoms with Crippen molar-refractivity contribution < 1.29 is 39.7 Å². The largest absolute Gasteiger partial charge is 1.00 e. The van der Waals surface area contributed by atoms with E-state index in [-0.39, 0.29) is 63.7 Å². The van der Waals surface area contributed by atoms with Crippen molar-refractivity contribution in [1.82, 2.24) is 0 Å². The molecule has 4 atom stereocenters. The second-order valence-electron chi connectivity index (χ2n) is 5.35. The summed E-state index contributed by atoms with van der Waals surface area (Å²) in [6, 6.07) is -0.555. The smallest absolute Gasteiger partial charge is 1.00 e. The second-order valence-corrected chi connectivity index (χ2v) is 5.35. The van der Waals surface area contributed by atoms with Crippen LogP contribution >= 0.6 is 17.9 Å². The van der Waals surface area contributed by atoms with E-state index in [1.807, 2.05) is 0 Å². The molecule has 0 radical (unpaired) electrons. The average Bonchev–Trinajstić information content (AvgIpc) is 3.26. The summed E-state index contributed by atoms with van der Waals surface area (Å²) < 4.78 is 9.65. The van der Waals surface area contributed by atoms with Crippen LogP contribution in [0.5, 0.6) is 0 Å². The van der Waals surface area contributed by atoms with Gasteiger partial charge in [0, 0.05) is 19.3 Å². The Bertz CT molecular complexity index is 329. The number of carbonyl (C=O) groups is 1. The molecule has 1 saturated heterocycles. The summed E-state index contributed by atoms with van der Waals surface area (Å²) in [6.45, 7) is 11.3. The monoisotopic (exact) mass is 464 g/mol. The van der Waals surface area contributed by atoms with Crippen LogP contribution < -0.4 is 30.3 Å². The van der Waals surface area contributed by atoms with E-state index < -0.39 is 6.04 Å². The maximum atomic E-state index is 10.9. The summed E-state index contributed by atoms with van der Waals surface area (Å²) in [5.41, 5.74) is 10.8. The van der Waals surface area contributed by atoms with E-state index in [9.17, 15) is 4.79 Å². The molecule has 1 heterocycles. The molecule has 172 valence electrons. The summed E-state index contributed by atoms with van der Waals surface area (Å²) in [5, 5.41) is 8.40. The van der Waals surface area contributed by atoms with Gasteiger partial charge in [-0.2, -0.15) is 0 Å². The zero-order valence-electron chi connectivity index (χ0n) is 18.3. The van der Waals surface area contributed by atoms with Gasteiger partial charge in [-0.1, -0.05) is 19.6 Å². The normalized spacial score (nSPS) is 12.6. The Hall–Kier alpha value is 0.780. The number of hydrogen-bond acceptors (Lipinski definition) is 6. The van der Waals surface area contributed by atoms with Crippen molar-refractivity contribution in [2.24, 2.45) is 11.5 Å². The number of carbonyl (C=O) groups excluding carboxylic acids is 1. The van der Waals surface area contributed by atoms with Gasteiger partial charge < -0.3 is 27.5 Å². The number of rotatable bonds is 9. The van der Waals surface area contributed by atoms with Crippen molar-refractivity contribution in [2.75, 3.05) is 26.4 Å². The van der Waals surface area contributed by atoms with E-state index in [0.717, 1.165) is 32.5 Å². The summed E-state index contributed by atoms with van der Waals surface area (Å²) in [4.78, 5) is 10.9. The molecule has 29 heavy (non-hydrogen) atoms. The van der Waals surface area contributed by atoms with Gasteiger partial charge in [-0.05, 0) is 45.4 Å². The maximum Gasteiger partial charge on any atom is 1.00 e. The fourth-order valence-corrected chi connectivity index (χ4v) is 1.60. The minimum atomic E-state index is -0.493. The van der Waals surface area contributed by atoms with E-state index in [0.29, 0.717) is 13.0 Å². The minimum absolute atomic E-state index is 0. The molecule has 6 nitrogen and oxygen atoms in total. The number of aliphatic hydroxyl groups is 1. The maximum absolute atomic E-state index is 10.9. The van der Waals surface area contributed by atoms with E-state index >= 15 is 0 Å². The Morgan fingerprint density at radius 1 is 1.21 bits per heavy atom. The summed E-state index contributed by atoms with van der Waals surface area (Å²) >= 11 is 0. The van der Waals surface area contributed by atoms with Gasteiger partial charge >= 0.3 is 24.8 Å². The van der Waals surface area contributed by atoms with Crippen molar-refractivity contribution in [2.45, 2.75) is 65.0 Å². The quantitative estimate of drug-likeness (QED) is 0.177. The van der Waals surface area contributed by atoms with E-state index in [1.54, 1.807) is 19.1 Å². The first-order valence-electron chi connectivity index (χ1n) is 8.94. The van der Waals surface area contributed by atoms with Crippen molar-refractivity contribution >= 4 is 41.2 Å². The van der Waals surface area contributed by atoms with Gasteiger partial charge in [0.2, 0.25) is 0 Å². The Morgan fingerprint density at radius 2 is 1.66 bits per heavy atom. The van der Waals surface area contributed by atoms with Crippen LogP contribution in [0.25, 0.3) is 0 Å². The predicted molar refractivity (Wildman–Crippen MR) is 136 cm³/mol. The van der Waals surface area contributed by atoms with E-state index in [1.165, 1.54) is 12.8 Å². The van der Waals surface area contributed by atoms with Crippen molar-refractivity contribution in [3.63, 3.8) is 0 Å². The number of allylic oxidation sites excluding steroid dienone is 2. The SMILES string of the molecule is C.C1CCOC1.C=CCCC(N)C(=O)OCC.C=CCCC(N)CO.PP.[AlH3].[H-].[Li+]. The number of aliphatic hydroxyl groups excluding tert-OH is 1. The van der Waals surface area contributed by atoms with Crippen molar-refractivity contribution in [3.05, 3.63) is 25.3 Å². The molecule has 0 saturated carbocycles. The van der Waals surface area contributed by atoms with Gasteiger partial charge in [-0.25, -0.2) is 0 Å². The molecule has 4 unspecified atom stereocenters. The van der Waals surface area contributed by atoms with Crippen LogP contribution in [0.15, 0.2) is 25.3 Å². The Balaban J connectivity index is -0.0000000497. The number of nitrogens with two attached hydrogens (primary N) is 2. The van der Waals surface area contributed by atoms with Crippen molar-refractivity contribution in [1.29, 1.82) is 0 Å². The van der Waals surface area contributed by atoms with Gasteiger partial charge in [0.05, 0.1) is 13.2 Å². The first kappa shape index (κ1) is 43.6. The molecule has 1 fully saturated rings. The summed E-state index contributed by atoms with van der Waals surface area (Å²) in [5.74, 6) is -0.325. The molecule has 0 spiro atoms. The fraction of sp³-hybridized carbons (Fsp3) is 0.737. The Kier molecular flexibility index (Phi) is 59.1. The van der Waals surface area contributed by atoms with E-state index in [2.05, 4.69) is 31.0 Å². The molecule has 1 rings (SSSR count). The van der Waals surface area contributed by atoms with Gasteiger partial charge in [0.15, 0.2) is 17.4 Å². The number of hydrogen-bond donors (Lipinski definition) is 3. The molecule has 5 N–H and O–H groups in total. The molecular weight excluding hydrogens is 416 g/mol. The number of ether oxygens (including phenoxy) is 2. The van der Waals surface area contributed by atoms with Crippen LogP contribution in [0.1, 0.15) is 54.3 Å². The predicted octanol–water partition coefficient (Wildman–Crippen LogP) is -0.868. The van der Waals surface area contributed by atoms with Gasteiger partial charge in [-0.3, -0.25) is 4.79 Å². The molecule has 10 heteroatoms. The van der Waals surface area contributed by atoms with Gasteiger partial charge in [0.1, 0.15) is 6.04 Å². The third-order valence-corrected chi connectivity index (χ3v) is 3.07. The minimum Gasteiger partial charge on any atom is -1.00 e. The molecule has 0 bridgehead atoms. The molecule has 0 amide bonds. The molecule has 0 aromatic heterocycles. The molecule has 0 aliphatic carbocycles. The molecule has 1 aliphatic heterocycles. The molecule has 0 aromatic rings. The van der Waals surface area contributed by atoms with E-state index in [4.69, 9.17) is 26.0 Å². The van der Waals surface area contributed by atoms with Crippen LogP contribution in [0.3, 0.4) is 0 Å². The first-order valence-corrected chi connectivity index (χ1v) is 11.6. The third kappa shape index (κ3) is 39.8. The summed E-state index contributed by atoms with van der Waals surface area (Å²) in [6.07, 6.45) is 9.18. The average molecular weight is 464 g/mol. The number of esters is 1. The van der Waals surface area contributed by atoms with Crippen LogP contribution in [0, 0.1) is 0 Å².